The SMILES string of the molecule is c1ccc(CCc2ccc3c(c2)CCCC3)cc1. The quantitative estimate of drug-likeness (QED) is 0.743. The number of hydrogen-bond donors (Lipinski definition) is 0. The summed E-state index contributed by atoms with van der Waals surface area (Å²) in [6.45, 7) is 0. The zero-order valence-corrected chi connectivity index (χ0v) is 10.9. The topological polar surface area (TPSA) is 0 Å². The lowest BCUT2D eigenvalue weighted by Crippen LogP contribution is -2.03. The molecule has 0 N–H and O–H groups in total. The Morgan fingerprint density at radius 3 is 2.22 bits per heavy atom. The average molecular weight is 236 g/mol. The van der Waals surface area contributed by atoms with E-state index in [2.05, 4.69) is 48.5 Å². The first-order chi connectivity index (χ1) is 8.92. The standard InChI is InChI=1S/C18H20/c1-2-6-15(7-3-1)10-11-16-12-13-17-8-4-5-9-18(17)14-16/h1-3,6-7,12-14H,4-5,8-11H2. The third kappa shape index (κ3) is 2.64. The van der Waals surface area contributed by atoms with Gasteiger partial charge in [-0.2, -0.15) is 0 Å². The van der Waals surface area contributed by atoms with Crippen molar-refractivity contribution >= 4 is 0 Å². The molecular weight excluding hydrogens is 216 g/mol. The fraction of sp³-hybridized carbons (Fsp3) is 0.333. The van der Waals surface area contributed by atoms with E-state index in [9.17, 15) is 0 Å². The fourth-order valence-corrected chi connectivity index (χ4v) is 2.88. The van der Waals surface area contributed by atoms with Gasteiger partial charge in [-0.15, -0.1) is 0 Å². The van der Waals surface area contributed by atoms with Crippen LogP contribution in [0.1, 0.15) is 35.1 Å². The first kappa shape index (κ1) is 11.5. The third-order valence-corrected chi connectivity index (χ3v) is 3.96. The van der Waals surface area contributed by atoms with Crippen molar-refractivity contribution in [2.75, 3.05) is 0 Å². The monoisotopic (exact) mass is 236 g/mol. The van der Waals surface area contributed by atoms with Crippen molar-refractivity contribution in [3.63, 3.8) is 0 Å². The normalized spacial score (nSPS) is 14.2. The van der Waals surface area contributed by atoms with Crippen LogP contribution in [0.15, 0.2) is 48.5 Å². The zero-order valence-electron chi connectivity index (χ0n) is 10.9. The molecule has 0 heterocycles. The smallest absolute Gasteiger partial charge is 0.0238 e. The van der Waals surface area contributed by atoms with Crippen molar-refractivity contribution in [2.24, 2.45) is 0 Å². The number of fused-ring (bicyclic) bond motifs is 1. The highest BCUT2D eigenvalue weighted by Crippen LogP contribution is 2.22. The van der Waals surface area contributed by atoms with Crippen molar-refractivity contribution < 1.29 is 0 Å². The van der Waals surface area contributed by atoms with Crippen LogP contribution in [-0.4, -0.2) is 0 Å². The molecule has 0 atom stereocenters. The van der Waals surface area contributed by atoms with Crippen LogP contribution in [0.5, 0.6) is 0 Å². The number of rotatable bonds is 3. The van der Waals surface area contributed by atoms with Gasteiger partial charge in [0.15, 0.2) is 0 Å². The maximum absolute atomic E-state index is 2.44. The van der Waals surface area contributed by atoms with Crippen LogP contribution < -0.4 is 0 Å². The molecule has 0 saturated heterocycles. The van der Waals surface area contributed by atoms with Gasteiger partial charge in [-0.1, -0.05) is 48.5 Å². The van der Waals surface area contributed by atoms with Crippen LogP contribution >= 0.6 is 0 Å². The van der Waals surface area contributed by atoms with Gasteiger partial charge >= 0.3 is 0 Å². The van der Waals surface area contributed by atoms with E-state index in [1.807, 2.05) is 0 Å². The Bertz CT molecular complexity index is 511. The minimum atomic E-state index is 1.15. The van der Waals surface area contributed by atoms with E-state index in [-0.39, 0.29) is 0 Å². The van der Waals surface area contributed by atoms with Crippen molar-refractivity contribution in [2.45, 2.75) is 38.5 Å². The van der Waals surface area contributed by atoms with E-state index in [0.29, 0.717) is 0 Å². The second-order valence-corrected chi connectivity index (χ2v) is 5.30. The molecule has 0 aliphatic heterocycles. The minimum absolute atomic E-state index is 1.15. The summed E-state index contributed by atoms with van der Waals surface area (Å²) < 4.78 is 0. The molecule has 0 amide bonds. The van der Waals surface area contributed by atoms with Crippen LogP contribution in [0.2, 0.25) is 0 Å². The Labute approximate surface area is 110 Å². The Morgan fingerprint density at radius 2 is 1.39 bits per heavy atom. The first-order valence-corrected chi connectivity index (χ1v) is 7.06. The molecule has 92 valence electrons. The lowest BCUT2D eigenvalue weighted by atomic mass is 9.89. The summed E-state index contributed by atoms with van der Waals surface area (Å²) in [5, 5.41) is 0. The molecule has 1 aliphatic carbocycles. The van der Waals surface area contributed by atoms with E-state index < -0.39 is 0 Å². The van der Waals surface area contributed by atoms with E-state index >= 15 is 0 Å². The first-order valence-electron chi connectivity index (χ1n) is 7.06. The lowest BCUT2D eigenvalue weighted by molar-refractivity contribution is 0.684. The molecule has 18 heavy (non-hydrogen) atoms. The maximum atomic E-state index is 2.44. The Balaban J connectivity index is 1.70. The molecule has 3 rings (SSSR count). The van der Waals surface area contributed by atoms with Crippen LogP contribution in [0.4, 0.5) is 0 Å². The van der Waals surface area contributed by atoms with Gasteiger partial charge in [-0.3, -0.25) is 0 Å². The maximum Gasteiger partial charge on any atom is -0.0238 e. The van der Waals surface area contributed by atoms with Crippen LogP contribution in [-0.2, 0) is 25.7 Å². The Kier molecular flexibility index (Phi) is 3.45. The zero-order chi connectivity index (χ0) is 12.2. The molecule has 0 bridgehead atoms. The van der Waals surface area contributed by atoms with Gasteiger partial charge in [0.1, 0.15) is 0 Å². The lowest BCUT2D eigenvalue weighted by Gasteiger charge is -2.16. The summed E-state index contributed by atoms with van der Waals surface area (Å²) in [6, 6.07) is 17.9. The van der Waals surface area contributed by atoms with Crippen LogP contribution in [0.25, 0.3) is 0 Å². The van der Waals surface area contributed by atoms with Gasteiger partial charge in [-0.05, 0) is 60.8 Å². The molecule has 0 radical (unpaired) electrons. The molecule has 0 aromatic heterocycles. The average Bonchev–Trinajstić information content (AvgIpc) is 2.46. The highest BCUT2D eigenvalue weighted by atomic mass is 14.1. The van der Waals surface area contributed by atoms with Gasteiger partial charge in [0.25, 0.3) is 0 Å². The van der Waals surface area contributed by atoms with Gasteiger partial charge in [0, 0.05) is 0 Å². The van der Waals surface area contributed by atoms with Crippen molar-refractivity contribution in [1.82, 2.24) is 0 Å². The largest absolute Gasteiger partial charge is 0.0622 e. The van der Waals surface area contributed by atoms with E-state index in [1.165, 1.54) is 36.8 Å². The fourth-order valence-electron chi connectivity index (χ4n) is 2.88. The molecule has 0 unspecified atom stereocenters. The molecule has 0 fully saturated rings. The molecule has 2 aromatic carbocycles. The summed E-state index contributed by atoms with van der Waals surface area (Å²) in [4.78, 5) is 0. The molecule has 0 spiro atoms. The summed E-state index contributed by atoms with van der Waals surface area (Å²) >= 11 is 0. The minimum Gasteiger partial charge on any atom is -0.0622 e. The molecule has 0 heteroatoms. The van der Waals surface area contributed by atoms with E-state index in [0.717, 1.165) is 12.8 Å². The molecule has 2 aromatic rings. The molecular formula is C18H20. The van der Waals surface area contributed by atoms with E-state index in [4.69, 9.17) is 0 Å². The van der Waals surface area contributed by atoms with Gasteiger partial charge in [0.05, 0.1) is 0 Å². The summed E-state index contributed by atoms with van der Waals surface area (Å²) in [5.74, 6) is 0. The van der Waals surface area contributed by atoms with Crippen molar-refractivity contribution in [3.8, 4) is 0 Å². The predicted molar refractivity (Wildman–Crippen MR) is 76.9 cm³/mol. The van der Waals surface area contributed by atoms with Crippen molar-refractivity contribution in [1.29, 1.82) is 0 Å². The van der Waals surface area contributed by atoms with Gasteiger partial charge in [0.2, 0.25) is 0 Å². The Hall–Kier alpha value is -1.56. The predicted octanol–water partition coefficient (Wildman–Crippen LogP) is 4.35. The second-order valence-electron chi connectivity index (χ2n) is 5.30. The third-order valence-electron chi connectivity index (χ3n) is 3.96. The summed E-state index contributed by atoms with van der Waals surface area (Å²) in [7, 11) is 0. The molecule has 1 aliphatic rings. The summed E-state index contributed by atoms with van der Waals surface area (Å²) in [5.41, 5.74) is 6.13. The molecule has 0 nitrogen and oxygen atoms in total. The Morgan fingerprint density at radius 1 is 0.667 bits per heavy atom. The number of aryl methyl sites for hydroxylation is 4. The number of hydrogen-bond acceptors (Lipinski definition) is 0. The second kappa shape index (κ2) is 5.39. The van der Waals surface area contributed by atoms with Gasteiger partial charge in [-0.25, -0.2) is 0 Å². The number of benzene rings is 2. The van der Waals surface area contributed by atoms with Crippen LogP contribution in [0.3, 0.4) is 0 Å². The van der Waals surface area contributed by atoms with Gasteiger partial charge < -0.3 is 0 Å². The molecule has 0 saturated carbocycles. The van der Waals surface area contributed by atoms with Crippen molar-refractivity contribution in [3.05, 3.63) is 70.8 Å². The highest BCUT2D eigenvalue weighted by Gasteiger charge is 2.09. The highest BCUT2D eigenvalue weighted by molar-refractivity contribution is 5.34. The van der Waals surface area contributed by atoms with E-state index in [1.54, 1.807) is 11.1 Å². The van der Waals surface area contributed by atoms with Crippen LogP contribution in [0, 0.1) is 0 Å². The summed E-state index contributed by atoms with van der Waals surface area (Å²) in [6.07, 6.45) is 7.63.